The molecule has 0 spiro atoms. The zero-order valence-electron chi connectivity index (χ0n) is 18.0. The summed E-state index contributed by atoms with van der Waals surface area (Å²) in [6.07, 6.45) is 9.28. The Balaban J connectivity index is 1.65. The van der Waals surface area contributed by atoms with Gasteiger partial charge in [0.15, 0.2) is 11.0 Å². The van der Waals surface area contributed by atoms with Crippen LogP contribution in [0.25, 0.3) is 31.7 Å². The van der Waals surface area contributed by atoms with E-state index in [9.17, 15) is 0 Å². The van der Waals surface area contributed by atoms with Gasteiger partial charge in [-0.2, -0.15) is 0 Å². The van der Waals surface area contributed by atoms with Gasteiger partial charge >= 0.3 is 0 Å². The van der Waals surface area contributed by atoms with E-state index < -0.39 is 0 Å². The molecule has 1 atom stereocenters. The zero-order valence-corrected chi connectivity index (χ0v) is 19.7. The lowest BCUT2D eigenvalue weighted by Gasteiger charge is -2.34. The van der Waals surface area contributed by atoms with Gasteiger partial charge in [0.1, 0.15) is 4.83 Å². The van der Waals surface area contributed by atoms with Crippen molar-refractivity contribution >= 4 is 49.3 Å². The van der Waals surface area contributed by atoms with E-state index in [0.29, 0.717) is 6.04 Å². The number of rotatable bonds is 3. The summed E-state index contributed by atoms with van der Waals surface area (Å²) < 4.78 is 1.22. The number of anilines is 1. The predicted molar refractivity (Wildman–Crippen MR) is 133 cm³/mol. The molecule has 0 bridgehead atoms. The minimum atomic E-state index is 0.519. The Kier molecular flexibility index (Phi) is 4.87. The summed E-state index contributed by atoms with van der Waals surface area (Å²) in [5.74, 6) is 1.12. The number of pyridine rings is 1. The van der Waals surface area contributed by atoms with Crippen LogP contribution in [0.4, 0.5) is 5.82 Å². The maximum absolute atomic E-state index is 5.24. The number of benzene rings is 1. The van der Waals surface area contributed by atoms with Crippen LogP contribution in [0.3, 0.4) is 0 Å². The first kappa shape index (κ1) is 19.5. The van der Waals surface area contributed by atoms with E-state index >= 15 is 0 Å². The molecule has 4 nitrogen and oxygen atoms in total. The highest BCUT2D eigenvalue weighted by atomic mass is 32.2. The molecule has 31 heavy (non-hydrogen) atoms. The fourth-order valence-corrected chi connectivity index (χ4v) is 6.78. The van der Waals surface area contributed by atoms with E-state index in [1.807, 2.05) is 0 Å². The van der Waals surface area contributed by atoms with Gasteiger partial charge in [0.2, 0.25) is 0 Å². The van der Waals surface area contributed by atoms with Crippen LogP contribution < -0.4 is 4.90 Å². The number of hydrogen-bond donors (Lipinski definition) is 0. The molecule has 0 N–H and O–H groups in total. The van der Waals surface area contributed by atoms with Gasteiger partial charge in [-0.3, -0.25) is 0 Å². The lowest BCUT2D eigenvalue weighted by molar-refractivity contribution is 0.481. The Morgan fingerprint density at radius 1 is 1.00 bits per heavy atom. The standard InChI is InChI=1S/C25H26N4S2/c1-15-9-6-7-14-29(15)23-22-21(27-25(28-23)30-2)19-17-12-8-13-18(17)20(26-24(19)31-22)16-10-4-3-5-11-16/h3-5,10-11,15H,6-9,12-14H2,1-2H3/t15-/m0/s1. The molecule has 1 fully saturated rings. The maximum atomic E-state index is 5.24. The van der Waals surface area contributed by atoms with Crippen LogP contribution in [0.1, 0.15) is 43.7 Å². The normalized spacial score (nSPS) is 18.8. The van der Waals surface area contributed by atoms with Gasteiger partial charge in [0.25, 0.3) is 0 Å². The third-order valence-corrected chi connectivity index (χ3v) is 8.42. The van der Waals surface area contributed by atoms with E-state index in [1.165, 1.54) is 52.5 Å². The first-order chi connectivity index (χ1) is 15.2. The summed E-state index contributed by atoms with van der Waals surface area (Å²) in [4.78, 5) is 18.9. The average molecular weight is 447 g/mol. The molecular weight excluding hydrogens is 420 g/mol. The van der Waals surface area contributed by atoms with Gasteiger partial charge in [-0.1, -0.05) is 42.1 Å². The highest BCUT2D eigenvalue weighted by Crippen LogP contribution is 2.45. The quantitative estimate of drug-likeness (QED) is 0.265. The van der Waals surface area contributed by atoms with E-state index in [2.05, 4.69) is 48.4 Å². The monoisotopic (exact) mass is 446 g/mol. The summed E-state index contributed by atoms with van der Waals surface area (Å²) in [7, 11) is 0. The van der Waals surface area contributed by atoms with Crippen LogP contribution in [0.2, 0.25) is 0 Å². The van der Waals surface area contributed by atoms with Crippen molar-refractivity contribution in [2.24, 2.45) is 0 Å². The van der Waals surface area contributed by atoms with E-state index in [-0.39, 0.29) is 0 Å². The zero-order chi connectivity index (χ0) is 20.9. The second kappa shape index (κ2) is 7.75. The van der Waals surface area contributed by atoms with Crippen molar-refractivity contribution < 1.29 is 0 Å². The molecule has 2 aliphatic rings. The first-order valence-electron chi connectivity index (χ1n) is 11.3. The Hall–Kier alpha value is -2.18. The third kappa shape index (κ3) is 3.14. The molecule has 0 unspecified atom stereocenters. The topological polar surface area (TPSA) is 41.9 Å². The fraction of sp³-hybridized carbons (Fsp3) is 0.400. The van der Waals surface area contributed by atoms with Crippen LogP contribution in [0, 0.1) is 0 Å². The highest BCUT2D eigenvalue weighted by molar-refractivity contribution is 7.98. The molecule has 158 valence electrons. The molecule has 3 aromatic heterocycles. The second-order valence-corrected chi connectivity index (χ2v) is 10.4. The number of fused-ring (bicyclic) bond motifs is 5. The number of thioether (sulfide) groups is 1. The van der Waals surface area contributed by atoms with Crippen LogP contribution in [-0.4, -0.2) is 33.8 Å². The molecule has 0 radical (unpaired) electrons. The Labute approximate surface area is 191 Å². The molecule has 6 heteroatoms. The molecule has 1 saturated heterocycles. The van der Waals surface area contributed by atoms with Gasteiger partial charge in [0.05, 0.1) is 15.9 Å². The summed E-state index contributed by atoms with van der Waals surface area (Å²) in [5, 5.41) is 2.16. The van der Waals surface area contributed by atoms with Crippen molar-refractivity contribution in [2.75, 3.05) is 17.7 Å². The number of aryl methyl sites for hydroxylation is 1. The van der Waals surface area contributed by atoms with Gasteiger partial charge in [-0.25, -0.2) is 15.0 Å². The molecule has 0 amide bonds. The number of nitrogens with zero attached hydrogens (tertiary/aromatic N) is 4. The second-order valence-electron chi connectivity index (χ2n) is 8.67. The van der Waals surface area contributed by atoms with Crippen molar-refractivity contribution in [1.29, 1.82) is 0 Å². The van der Waals surface area contributed by atoms with Crippen molar-refractivity contribution in [1.82, 2.24) is 15.0 Å². The summed E-state index contributed by atoms with van der Waals surface area (Å²) in [5.41, 5.74) is 6.41. The molecule has 4 aromatic rings. The number of thiophene rings is 1. The van der Waals surface area contributed by atoms with Crippen molar-refractivity contribution in [2.45, 2.75) is 56.6 Å². The van der Waals surface area contributed by atoms with Gasteiger partial charge in [0, 0.05) is 23.5 Å². The van der Waals surface area contributed by atoms with Crippen LogP contribution >= 0.6 is 23.1 Å². The minimum absolute atomic E-state index is 0.519. The maximum Gasteiger partial charge on any atom is 0.189 e. The van der Waals surface area contributed by atoms with Crippen molar-refractivity contribution in [3.63, 3.8) is 0 Å². The van der Waals surface area contributed by atoms with Crippen LogP contribution in [-0.2, 0) is 12.8 Å². The van der Waals surface area contributed by atoms with Gasteiger partial charge < -0.3 is 4.90 Å². The molecule has 1 aliphatic heterocycles. The Morgan fingerprint density at radius 2 is 1.84 bits per heavy atom. The van der Waals surface area contributed by atoms with Gasteiger partial charge in [-0.05, 0) is 62.8 Å². The van der Waals surface area contributed by atoms with Crippen LogP contribution in [0.5, 0.6) is 0 Å². The molecule has 4 heterocycles. The van der Waals surface area contributed by atoms with E-state index in [4.69, 9.17) is 15.0 Å². The summed E-state index contributed by atoms with van der Waals surface area (Å²) >= 11 is 3.43. The number of piperidine rings is 1. The van der Waals surface area contributed by atoms with Crippen molar-refractivity contribution in [3.05, 3.63) is 41.5 Å². The molecule has 0 saturated carbocycles. The summed E-state index contributed by atoms with van der Waals surface area (Å²) in [6.45, 7) is 3.42. The average Bonchev–Trinajstić information content (AvgIpc) is 3.43. The lowest BCUT2D eigenvalue weighted by atomic mass is 10.0. The Morgan fingerprint density at radius 3 is 2.65 bits per heavy atom. The molecule has 1 aromatic carbocycles. The predicted octanol–water partition coefficient (Wildman–Crippen LogP) is 6.50. The fourth-order valence-electron chi connectivity index (χ4n) is 5.27. The summed E-state index contributed by atoms with van der Waals surface area (Å²) in [6, 6.07) is 11.2. The first-order valence-corrected chi connectivity index (χ1v) is 13.3. The number of hydrogen-bond acceptors (Lipinski definition) is 6. The molecule has 1 aliphatic carbocycles. The smallest absolute Gasteiger partial charge is 0.189 e. The highest BCUT2D eigenvalue weighted by Gasteiger charge is 2.28. The largest absolute Gasteiger partial charge is 0.353 e. The third-order valence-electron chi connectivity index (χ3n) is 6.80. The minimum Gasteiger partial charge on any atom is -0.353 e. The van der Waals surface area contributed by atoms with E-state index in [0.717, 1.165) is 46.4 Å². The molecular formula is C25H26N4S2. The molecule has 6 rings (SSSR count). The van der Waals surface area contributed by atoms with Crippen molar-refractivity contribution in [3.8, 4) is 11.3 Å². The Bertz CT molecular complexity index is 1280. The number of aromatic nitrogens is 3. The SMILES string of the molecule is CSc1nc(N2CCCC[C@@H]2C)c2sc3nc(-c4ccccc4)c4c(c3c2n1)CCC4. The van der Waals surface area contributed by atoms with Crippen LogP contribution in [0.15, 0.2) is 35.5 Å². The van der Waals surface area contributed by atoms with Gasteiger partial charge in [-0.15, -0.1) is 11.3 Å². The van der Waals surface area contributed by atoms with E-state index in [1.54, 1.807) is 23.1 Å². The lowest BCUT2D eigenvalue weighted by Crippen LogP contribution is -2.38.